The van der Waals surface area contributed by atoms with Crippen LogP contribution in [0.1, 0.15) is 11.1 Å². The van der Waals surface area contributed by atoms with Crippen molar-refractivity contribution < 1.29 is 5.21 Å². The first kappa shape index (κ1) is 13.4. The molecule has 0 saturated carbocycles. The van der Waals surface area contributed by atoms with Crippen LogP contribution in [0.25, 0.3) is 0 Å². The molecule has 0 aliphatic rings. The molecule has 5 heteroatoms. The summed E-state index contributed by atoms with van der Waals surface area (Å²) in [6.07, 6.45) is 1.03. The zero-order valence-electron chi connectivity index (χ0n) is 10.8. The molecule has 1 aromatic heterocycles. The van der Waals surface area contributed by atoms with Crippen LogP contribution in [-0.2, 0) is 6.42 Å². The fraction of sp³-hybridized carbons (Fsp3) is 0.214. The number of amidine groups is 1. The van der Waals surface area contributed by atoms with E-state index in [-0.39, 0.29) is 5.84 Å². The van der Waals surface area contributed by atoms with Crippen molar-refractivity contribution in [2.45, 2.75) is 6.42 Å². The molecular formula is C14H17N3OS. The van der Waals surface area contributed by atoms with Crippen molar-refractivity contribution in [2.75, 3.05) is 18.5 Å². The van der Waals surface area contributed by atoms with E-state index >= 15 is 0 Å². The van der Waals surface area contributed by atoms with Gasteiger partial charge in [0.05, 0.1) is 0 Å². The zero-order chi connectivity index (χ0) is 13.7. The Bertz CT molecular complexity index is 534. The average Bonchev–Trinajstić information content (AvgIpc) is 2.97. The van der Waals surface area contributed by atoms with Gasteiger partial charge in [-0.15, -0.1) is 0 Å². The summed E-state index contributed by atoms with van der Waals surface area (Å²) in [4.78, 5) is 2.19. The topological polar surface area (TPSA) is 61.8 Å². The maximum Gasteiger partial charge on any atom is 0.170 e. The second-order valence-electron chi connectivity index (χ2n) is 4.34. The van der Waals surface area contributed by atoms with Crippen molar-refractivity contribution in [2.24, 2.45) is 10.9 Å². The first-order chi connectivity index (χ1) is 9.20. The number of likely N-dealkylation sites (N-methyl/N-ethyl adjacent to an activating group) is 1. The lowest BCUT2D eigenvalue weighted by Gasteiger charge is -2.19. The van der Waals surface area contributed by atoms with Crippen molar-refractivity contribution in [1.82, 2.24) is 0 Å². The van der Waals surface area contributed by atoms with Gasteiger partial charge in [-0.2, -0.15) is 11.3 Å². The third-order valence-electron chi connectivity index (χ3n) is 3.03. The minimum atomic E-state index is 0.132. The van der Waals surface area contributed by atoms with Crippen molar-refractivity contribution in [3.63, 3.8) is 0 Å². The number of oxime groups is 1. The highest BCUT2D eigenvalue weighted by molar-refractivity contribution is 7.07. The lowest BCUT2D eigenvalue weighted by Crippen LogP contribution is -2.20. The normalized spacial score (nSPS) is 11.5. The Morgan fingerprint density at radius 2 is 2.05 bits per heavy atom. The molecule has 0 amide bonds. The third-order valence-corrected chi connectivity index (χ3v) is 3.76. The van der Waals surface area contributed by atoms with Crippen molar-refractivity contribution in [3.05, 3.63) is 52.2 Å². The van der Waals surface area contributed by atoms with Gasteiger partial charge in [0.25, 0.3) is 0 Å². The highest BCUT2D eigenvalue weighted by Crippen LogP contribution is 2.15. The van der Waals surface area contributed by atoms with Gasteiger partial charge in [-0.25, -0.2) is 0 Å². The predicted octanol–water partition coefficient (Wildman–Crippen LogP) is 2.52. The number of rotatable bonds is 5. The third kappa shape index (κ3) is 3.48. The zero-order valence-corrected chi connectivity index (χ0v) is 11.6. The van der Waals surface area contributed by atoms with E-state index in [9.17, 15) is 0 Å². The highest BCUT2D eigenvalue weighted by Gasteiger charge is 2.03. The smallest absolute Gasteiger partial charge is 0.170 e. The first-order valence-corrected chi connectivity index (χ1v) is 6.95. The molecule has 0 aliphatic heterocycles. The molecule has 1 heterocycles. The molecule has 1 aromatic carbocycles. The fourth-order valence-electron chi connectivity index (χ4n) is 1.81. The molecule has 19 heavy (non-hydrogen) atoms. The second-order valence-corrected chi connectivity index (χ2v) is 5.12. The Labute approximate surface area is 116 Å². The monoisotopic (exact) mass is 275 g/mol. The molecule has 2 rings (SSSR count). The number of anilines is 1. The summed E-state index contributed by atoms with van der Waals surface area (Å²) >= 11 is 1.73. The van der Waals surface area contributed by atoms with Gasteiger partial charge in [0.15, 0.2) is 5.84 Å². The average molecular weight is 275 g/mol. The quantitative estimate of drug-likeness (QED) is 0.381. The number of thiophene rings is 1. The van der Waals surface area contributed by atoms with Gasteiger partial charge < -0.3 is 15.8 Å². The van der Waals surface area contributed by atoms with Crippen LogP contribution < -0.4 is 10.6 Å². The Balaban J connectivity index is 1.97. The van der Waals surface area contributed by atoms with E-state index < -0.39 is 0 Å². The lowest BCUT2D eigenvalue weighted by atomic mass is 10.1. The minimum Gasteiger partial charge on any atom is -0.409 e. The number of hydrogen-bond donors (Lipinski definition) is 2. The van der Waals surface area contributed by atoms with E-state index in [0.717, 1.165) is 24.2 Å². The van der Waals surface area contributed by atoms with E-state index in [0.29, 0.717) is 0 Å². The maximum absolute atomic E-state index is 8.61. The largest absolute Gasteiger partial charge is 0.409 e. The molecule has 0 spiro atoms. The minimum absolute atomic E-state index is 0.132. The van der Waals surface area contributed by atoms with Gasteiger partial charge in [-0.05, 0) is 53.1 Å². The van der Waals surface area contributed by atoms with Crippen LogP contribution in [0, 0.1) is 0 Å². The fourth-order valence-corrected chi connectivity index (χ4v) is 2.51. The molecule has 0 unspecified atom stereocenters. The molecular weight excluding hydrogens is 258 g/mol. The maximum atomic E-state index is 8.61. The molecule has 0 aliphatic carbocycles. The summed E-state index contributed by atoms with van der Waals surface area (Å²) in [5, 5.41) is 15.9. The van der Waals surface area contributed by atoms with Crippen LogP contribution >= 0.6 is 11.3 Å². The Kier molecular flexibility index (Phi) is 4.41. The summed E-state index contributed by atoms with van der Waals surface area (Å²) in [6, 6.07) is 9.80. The lowest BCUT2D eigenvalue weighted by molar-refractivity contribution is 0.318. The SMILES string of the molecule is CN(CCc1ccsc1)c1ccc(C(N)=NO)cc1. The summed E-state index contributed by atoms with van der Waals surface area (Å²) in [5.41, 5.74) is 8.73. The second kappa shape index (κ2) is 6.24. The van der Waals surface area contributed by atoms with Gasteiger partial charge >= 0.3 is 0 Å². The standard InChI is InChI=1S/C14H17N3OS/c1-17(8-6-11-7-9-19-10-11)13-4-2-12(3-5-13)14(15)16-18/h2-5,7,9-10,18H,6,8H2,1H3,(H2,15,16). The van der Waals surface area contributed by atoms with E-state index in [4.69, 9.17) is 10.9 Å². The van der Waals surface area contributed by atoms with Crippen molar-refractivity contribution >= 4 is 22.9 Å². The van der Waals surface area contributed by atoms with E-state index in [1.807, 2.05) is 24.3 Å². The number of nitrogens with zero attached hydrogens (tertiary/aromatic N) is 2. The van der Waals surface area contributed by atoms with Crippen molar-refractivity contribution in [3.8, 4) is 0 Å². The van der Waals surface area contributed by atoms with E-state index in [1.54, 1.807) is 11.3 Å². The molecule has 2 aromatic rings. The van der Waals surface area contributed by atoms with Crippen LogP contribution in [0.5, 0.6) is 0 Å². The molecule has 0 radical (unpaired) electrons. The van der Waals surface area contributed by atoms with Crippen LogP contribution in [0.15, 0.2) is 46.2 Å². The molecule has 0 saturated heterocycles. The van der Waals surface area contributed by atoms with Crippen LogP contribution in [0.3, 0.4) is 0 Å². The Hall–Kier alpha value is -2.01. The van der Waals surface area contributed by atoms with Gasteiger partial charge in [0.1, 0.15) is 0 Å². The Morgan fingerprint density at radius 1 is 1.32 bits per heavy atom. The number of nitrogens with two attached hydrogens (primary N) is 1. The van der Waals surface area contributed by atoms with E-state index in [2.05, 4.69) is 33.9 Å². The van der Waals surface area contributed by atoms with Crippen LogP contribution in [-0.4, -0.2) is 24.6 Å². The number of benzene rings is 1. The molecule has 0 bridgehead atoms. The molecule has 0 atom stereocenters. The van der Waals surface area contributed by atoms with Gasteiger partial charge in [0.2, 0.25) is 0 Å². The Morgan fingerprint density at radius 3 is 2.63 bits per heavy atom. The summed E-state index contributed by atoms with van der Waals surface area (Å²) in [5.74, 6) is 0.132. The molecule has 4 nitrogen and oxygen atoms in total. The molecule has 0 fully saturated rings. The van der Waals surface area contributed by atoms with Gasteiger partial charge in [0, 0.05) is 24.8 Å². The molecule has 3 N–H and O–H groups in total. The summed E-state index contributed by atoms with van der Waals surface area (Å²) in [6.45, 7) is 0.958. The van der Waals surface area contributed by atoms with E-state index in [1.165, 1.54) is 5.56 Å². The first-order valence-electron chi connectivity index (χ1n) is 6.01. The predicted molar refractivity (Wildman–Crippen MR) is 80.2 cm³/mol. The summed E-state index contributed by atoms with van der Waals surface area (Å²) < 4.78 is 0. The van der Waals surface area contributed by atoms with Crippen molar-refractivity contribution in [1.29, 1.82) is 0 Å². The van der Waals surface area contributed by atoms with Crippen LogP contribution in [0.2, 0.25) is 0 Å². The highest BCUT2D eigenvalue weighted by atomic mass is 32.1. The molecule has 100 valence electrons. The van der Waals surface area contributed by atoms with Crippen LogP contribution in [0.4, 0.5) is 5.69 Å². The van der Waals surface area contributed by atoms with Gasteiger partial charge in [-0.3, -0.25) is 0 Å². The van der Waals surface area contributed by atoms with Gasteiger partial charge in [-0.1, -0.05) is 5.16 Å². The number of hydrogen-bond acceptors (Lipinski definition) is 4. The summed E-state index contributed by atoms with van der Waals surface area (Å²) in [7, 11) is 2.06.